The Labute approximate surface area is 177 Å². The first kappa shape index (κ1) is 20.1. The highest BCUT2D eigenvalue weighted by Crippen LogP contribution is 2.14. The lowest BCUT2D eigenvalue weighted by Gasteiger charge is -2.34. The maximum Gasteiger partial charge on any atom is 0.248 e. The first-order valence-electron chi connectivity index (χ1n) is 10.3. The van der Waals surface area contributed by atoms with Crippen molar-refractivity contribution in [3.8, 4) is 0 Å². The van der Waals surface area contributed by atoms with Crippen LogP contribution in [0.3, 0.4) is 0 Å². The predicted molar refractivity (Wildman–Crippen MR) is 120 cm³/mol. The van der Waals surface area contributed by atoms with Crippen LogP contribution in [-0.2, 0) is 17.9 Å². The van der Waals surface area contributed by atoms with Crippen LogP contribution in [0, 0.1) is 0 Å². The molecule has 154 valence electrons. The molecule has 0 aliphatic carbocycles. The Morgan fingerprint density at radius 2 is 1.47 bits per heavy atom. The number of anilines is 1. The topological polar surface area (TPSA) is 48.7 Å². The van der Waals surface area contributed by atoms with Gasteiger partial charge in [0.25, 0.3) is 0 Å². The quantitative estimate of drug-likeness (QED) is 0.602. The molecule has 30 heavy (non-hydrogen) atoms. The van der Waals surface area contributed by atoms with Gasteiger partial charge in [-0.2, -0.15) is 0 Å². The molecule has 1 aliphatic heterocycles. The number of benzene rings is 2. The van der Waals surface area contributed by atoms with Crippen molar-refractivity contribution in [3.63, 3.8) is 0 Å². The number of hydrogen-bond acceptors (Lipinski definition) is 4. The summed E-state index contributed by atoms with van der Waals surface area (Å²) in [5, 5.41) is 2.88. The Kier molecular flexibility index (Phi) is 6.75. The van der Waals surface area contributed by atoms with Crippen LogP contribution in [0.4, 0.5) is 5.69 Å². The third-order valence-electron chi connectivity index (χ3n) is 5.28. The Bertz CT molecular complexity index is 942. The van der Waals surface area contributed by atoms with Crippen molar-refractivity contribution in [2.24, 2.45) is 0 Å². The summed E-state index contributed by atoms with van der Waals surface area (Å²) in [6.07, 6.45) is 4.71. The van der Waals surface area contributed by atoms with Crippen LogP contribution < -0.4 is 5.32 Å². The number of carbonyl (C=O) groups excluding carboxylic acids is 1. The van der Waals surface area contributed by atoms with Crippen LogP contribution >= 0.6 is 0 Å². The summed E-state index contributed by atoms with van der Waals surface area (Å²) >= 11 is 0. The molecule has 0 bridgehead atoms. The molecule has 2 heterocycles. The molecule has 1 aliphatic rings. The van der Waals surface area contributed by atoms with Gasteiger partial charge in [-0.05, 0) is 41.5 Å². The smallest absolute Gasteiger partial charge is 0.248 e. The molecule has 3 aromatic rings. The molecule has 0 radical (unpaired) electrons. The number of furan rings is 1. The van der Waals surface area contributed by atoms with Crippen LogP contribution in [0.15, 0.2) is 83.5 Å². The molecule has 2 aromatic carbocycles. The van der Waals surface area contributed by atoms with Gasteiger partial charge >= 0.3 is 0 Å². The van der Waals surface area contributed by atoms with E-state index < -0.39 is 0 Å². The van der Waals surface area contributed by atoms with E-state index >= 15 is 0 Å². The van der Waals surface area contributed by atoms with Gasteiger partial charge in [0.2, 0.25) is 5.91 Å². The van der Waals surface area contributed by atoms with Gasteiger partial charge in [-0.1, -0.05) is 42.5 Å². The number of nitrogens with one attached hydrogen (secondary N) is 1. The van der Waals surface area contributed by atoms with E-state index in [0.29, 0.717) is 5.76 Å². The highest BCUT2D eigenvalue weighted by molar-refractivity contribution is 6.01. The Balaban J connectivity index is 1.22. The molecule has 5 heteroatoms. The highest BCUT2D eigenvalue weighted by Gasteiger charge is 2.17. The zero-order chi connectivity index (χ0) is 20.6. The Morgan fingerprint density at radius 3 is 2.07 bits per heavy atom. The number of amides is 1. The Hall–Kier alpha value is -3.15. The monoisotopic (exact) mass is 401 g/mol. The third kappa shape index (κ3) is 5.92. The molecule has 1 fully saturated rings. The fourth-order valence-electron chi connectivity index (χ4n) is 3.63. The molecule has 1 N–H and O–H groups in total. The third-order valence-corrected chi connectivity index (χ3v) is 5.28. The molecular weight excluding hydrogens is 374 g/mol. The van der Waals surface area contributed by atoms with E-state index in [2.05, 4.69) is 57.6 Å². The minimum atomic E-state index is -0.173. The fraction of sp³-hybridized carbons (Fsp3) is 0.240. The van der Waals surface area contributed by atoms with Crippen molar-refractivity contribution in [1.82, 2.24) is 9.80 Å². The molecule has 1 aromatic heterocycles. The van der Waals surface area contributed by atoms with Crippen molar-refractivity contribution in [1.29, 1.82) is 0 Å². The lowest BCUT2D eigenvalue weighted by Crippen LogP contribution is -2.45. The van der Waals surface area contributed by atoms with Gasteiger partial charge in [0.15, 0.2) is 0 Å². The minimum absolute atomic E-state index is 0.173. The average Bonchev–Trinajstić information content (AvgIpc) is 3.30. The molecule has 0 atom stereocenters. The molecule has 1 saturated heterocycles. The summed E-state index contributed by atoms with van der Waals surface area (Å²) in [7, 11) is 0. The molecule has 0 spiro atoms. The maximum absolute atomic E-state index is 12.0. The summed E-state index contributed by atoms with van der Waals surface area (Å²) in [6.45, 7) is 6.28. The van der Waals surface area contributed by atoms with Crippen LogP contribution in [0.1, 0.15) is 16.9 Å². The van der Waals surface area contributed by atoms with Crippen molar-refractivity contribution >= 4 is 17.7 Å². The van der Waals surface area contributed by atoms with E-state index in [9.17, 15) is 4.79 Å². The summed E-state index contributed by atoms with van der Waals surface area (Å²) in [5.74, 6) is 0.484. The first-order chi connectivity index (χ1) is 14.7. The second kappa shape index (κ2) is 10.1. The van der Waals surface area contributed by atoms with E-state index in [4.69, 9.17) is 4.42 Å². The second-order valence-corrected chi connectivity index (χ2v) is 7.57. The van der Waals surface area contributed by atoms with E-state index in [0.717, 1.165) is 45.0 Å². The highest BCUT2D eigenvalue weighted by atomic mass is 16.3. The predicted octanol–water partition coefficient (Wildman–Crippen LogP) is 4.25. The molecule has 0 saturated carbocycles. The van der Waals surface area contributed by atoms with Gasteiger partial charge in [0, 0.05) is 51.0 Å². The fourth-order valence-corrected chi connectivity index (χ4v) is 3.63. The minimum Gasteiger partial charge on any atom is -0.465 e. The molecular formula is C25H27N3O2. The molecule has 1 amide bonds. The number of rotatable bonds is 7. The van der Waals surface area contributed by atoms with Crippen LogP contribution in [-0.4, -0.2) is 41.9 Å². The normalized spacial score (nSPS) is 15.5. The van der Waals surface area contributed by atoms with Crippen molar-refractivity contribution < 1.29 is 9.21 Å². The zero-order valence-corrected chi connectivity index (χ0v) is 17.0. The molecule has 0 unspecified atom stereocenters. The van der Waals surface area contributed by atoms with Crippen LogP contribution in [0.25, 0.3) is 6.08 Å². The SMILES string of the molecule is O=C(C=Cc1ccco1)Nc1ccc(CN2CCN(Cc3ccccc3)CC2)cc1. The van der Waals surface area contributed by atoms with Gasteiger partial charge in [-0.25, -0.2) is 0 Å². The van der Waals surface area contributed by atoms with Crippen molar-refractivity contribution in [2.75, 3.05) is 31.5 Å². The summed E-state index contributed by atoms with van der Waals surface area (Å²) in [4.78, 5) is 17.0. The van der Waals surface area contributed by atoms with Crippen molar-refractivity contribution in [2.45, 2.75) is 13.1 Å². The lowest BCUT2D eigenvalue weighted by molar-refractivity contribution is -0.111. The van der Waals surface area contributed by atoms with Gasteiger partial charge in [-0.15, -0.1) is 0 Å². The number of hydrogen-bond donors (Lipinski definition) is 1. The van der Waals surface area contributed by atoms with Gasteiger partial charge in [-0.3, -0.25) is 14.6 Å². The second-order valence-electron chi connectivity index (χ2n) is 7.57. The number of piperazine rings is 1. The van der Waals surface area contributed by atoms with Gasteiger partial charge in [0.05, 0.1) is 6.26 Å². The average molecular weight is 402 g/mol. The van der Waals surface area contributed by atoms with E-state index in [1.807, 2.05) is 12.1 Å². The molecule has 4 rings (SSSR count). The van der Waals surface area contributed by atoms with E-state index in [-0.39, 0.29) is 5.91 Å². The maximum atomic E-state index is 12.0. The largest absolute Gasteiger partial charge is 0.465 e. The zero-order valence-electron chi connectivity index (χ0n) is 17.0. The summed E-state index contributed by atoms with van der Waals surface area (Å²) in [6, 6.07) is 22.3. The van der Waals surface area contributed by atoms with E-state index in [1.54, 1.807) is 24.5 Å². The van der Waals surface area contributed by atoms with Gasteiger partial charge in [0.1, 0.15) is 5.76 Å². The molecule has 5 nitrogen and oxygen atoms in total. The standard InChI is InChI=1S/C25H27N3O2/c29-25(13-12-24-7-4-18-30-24)26-23-10-8-22(9-11-23)20-28-16-14-27(15-17-28)19-21-5-2-1-3-6-21/h1-13,18H,14-17,19-20H2,(H,26,29). The van der Waals surface area contributed by atoms with Gasteiger partial charge < -0.3 is 9.73 Å². The Morgan fingerprint density at radius 1 is 0.833 bits per heavy atom. The first-order valence-corrected chi connectivity index (χ1v) is 10.3. The van der Waals surface area contributed by atoms with Crippen LogP contribution in [0.5, 0.6) is 0 Å². The number of carbonyl (C=O) groups is 1. The summed E-state index contributed by atoms with van der Waals surface area (Å²) < 4.78 is 5.18. The number of nitrogens with zero attached hydrogens (tertiary/aromatic N) is 2. The summed E-state index contributed by atoms with van der Waals surface area (Å²) in [5.41, 5.74) is 3.43. The van der Waals surface area contributed by atoms with E-state index in [1.165, 1.54) is 17.2 Å². The lowest BCUT2D eigenvalue weighted by atomic mass is 10.1. The van der Waals surface area contributed by atoms with Crippen molar-refractivity contribution in [3.05, 3.63) is 96.0 Å². The van der Waals surface area contributed by atoms with Crippen LogP contribution in [0.2, 0.25) is 0 Å².